The molecule has 110 valence electrons. The Morgan fingerprint density at radius 1 is 1.29 bits per heavy atom. The van der Waals surface area contributed by atoms with Crippen LogP contribution in [0.25, 0.3) is 0 Å². The van der Waals surface area contributed by atoms with Crippen molar-refractivity contribution in [1.29, 1.82) is 0 Å². The van der Waals surface area contributed by atoms with Gasteiger partial charge >= 0.3 is 0 Å². The van der Waals surface area contributed by atoms with Crippen LogP contribution in [0.5, 0.6) is 5.75 Å². The fourth-order valence-electron chi connectivity index (χ4n) is 2.99. The number of benzene rings is 1. The molecule has 4 nitrogen and oxygen atoms in total. The molecule has 0 radical (unpaired) electrons. The highest BCUT2D eigenvalue weighted by Gasteiger charge is 2.27. The summed E-state index contributed by atoms with van der Waals surface area (Å²) in [6.07, 6.45) is 3.89. The van der Waals surface area contributed by atoms with Crippen molar-refractivity contribution >= 4 is 5.91 Å². The van der Waals surface area contributed by atoms with Gasteiger partial charge in [-0.05, 0) is 48.6 Å². The van der Waals surface area contributed by atoms with Gasteiger partial charge in [-0.3, -0.25) is 4.79 Å². The number of carbonyl (C=O) groups excluding carboxylic acids is 1. The molecule has 1 unspecified atom stereocenters. The summed E-state index contributed by atoms with van der Waals surface area (Å²) in [4.78, 5) is 14.4. The molecule has 1 aliphatic heterocycles. The van der Waals surface area contributed by atoms with Crippen LogP contribution < -0.4 is 0 Å². The maximum Gasteiger partial charge on any atom is 0.270 e. The van der Waals surface area contributed by atoms with Crippen molar-refractivity contribution in [2.24, 2.45) is 13.0 Å². The number of likely N-dealkylation sites (tertiary alicyclic amines) is 1. The summed E-state index contributed by atoms with van der Waals surface area (Å²) in [5.41, 5.74) is 1.96. The Morgan fingerprint density at radius 3 is 2.71 bits per heavy atom. The first-order valence-electron chi connectivity index (χ1n) is 7.32. The normalized spacial score (nSPS) is 18.1. The van der Waals surface area contributed by atoms with Gasteiger partial charge < -0.3 is 14.6 Å². The molecular weight excluding hydrogens is 264 g/mol. The molecule has 2 aromatic rings. The molecule has 1 aliphatic rings. The minimum atomic E-state index is 0.121. The SMILES string of the molecule is Cn1cccc1C(=O)N1CCC(Cc2ccc(O)cc2)C1. The van der Waals surface area contributed by atoms with Gasteiger partial charge in [-0.2, -0.15) is 0 Å². The van der Waals surface area contributed by atoms with Crippen LogP contribution >= 0.6 is 0 Å². The number of aromatic nitrogens is 1. The zero-order chi connectivity index (χ0) is 14.8. The maximum absolute atomic E-state index is 12.4. The highest BCUT2D eigenvalue weighted by molar-refractivity contribution is 5.92. The largest absolute Gasteiger partial charge is 0.508 e. The van der Waals surface area contributed by atoms with Gasteiger partial charge in [0.15, 0.2) is 0 Å². The lowest BCUT2D eigenvalue weighted by Gasteiger charge is -2.17. The van der Waals surface area contributed by atoms with E-state index in [2.05, 4.69) is 0 Å². The van der Waals surface area contributed by atoms with E-state index in [9.17, 15) is 9.90 Å². The van der Waals surface area contributed by atoms with Crippen molar-refractivity contribution in [1.82, 2.24) is 9.47 Å². The molecule has 2 heterocycles. The zero-order valence-electron chi connectivity index (χ0n) is 12.2. The van der Waals surface area contributed by atoms with E-state index in [1.807, 2.05) is 47.0 Å². The Kier molecular flexibility index (Phi) is 3.69. The van der Waals surface area contributed by atoms with Crippen molar-refractivity contribution in [3.8, 4) is 5.75 Å². The van der Waals surface area contributed by atoms with Crippen molar-refractivity contribution in [2.45, 2.75) is 12.8 Å². The summed E-state index contributed by atoms with van der Waals surface area (Å²) in [5.74, 6) is 0.917. The van der Waals surface area contributed by atoms with Gasteiger partial charge in [-0.25, -0.2) is 0 Å². The van der Waals surface area contributed by atoms with E-state index in [1.54, 1.807) is 12.1 Å². The predicted molar refractivity (Wildman–Crippen MR) is 81.2 cm³/mol. The first-order chi connectivity index (χ1) is 10.1. The highest BCUT2D eigenvalue weighted by atomic mass is 16.3. The van der Waals surface area contributed by atoms with Crippen LogP contribution in [-0.2, 0) is 13.5 Å². The third-order valence-corrected chi connectivity index (χ3v) is 4.20. The van der Waals surface area contributed by atoms with Crippen LogP contribution in [0.2, 0.25) is 0 Å². The highest BCUT2D eigenvalue weighted by Crippen LogP contribution is 2.23. The smallest absolute Gasteiger partial charge is 0.270 e. The van der Waals surface area contributed by atoms with E-state index in [-0.39, 0.29) is 5.91 Å². The number of carbonyl (C=O) groups is 1. The Bertz CT molecular complexity index is 630. The van der Waals surface area contributed by atoms with Crippen molar-refractivity contribution in [2.75, 3.05) is 13.1 Å². The minimum Gasteiger partial charge on any atom is -0.508 e. The molecular formula is C17H20N2O2. The van der Waals surface area contributed by atoms with Crippen LogP contribution in [0.4, 0.5) is 0 Å². The van der Waals surface area contributed by atoms with Gasteiger partial charge in [0.05, 0.1) is 0 Å². The fraction of sp³-hybridized carbons (Fsp3) is 0.353. The number of hydrogen-bond donors (Lipinski definition) is 1. The molecule has 1 amide bonds. The number of nitrogens with zero attached hydrogens (tertiary/aromatic N) is 2. The van der Waals surface area contributed by atoms with E-state index in [1.165, 1.54) is 5.56 Å². The maximum atomic E-state index is 12.4. The second-order valence-electron chi connectivity index (χ2n) is 5.78. The van der Waals surface area contributed by atoms with Crippen LogP contribution in [-0.4, -0.2) is 33.6 Å². The minimum absolute atomic E-state index is 0.121. The van der Waals surface area contributed by atoms with Crippen molar-refractivity contribution < 1.29 is 9.90 Å². The van der Waals surface area contributed by atoms with Crippen LogP contribution in [0.1, 0.15) is 22.5 Å². The van der Waals surface area contributed by atoms with Gasteiger partial charge in [-0.15, -0.1) is 0 Å². The van der Waals surface area contributed by atoms with Crippen LogP contribution in [0.15, 0.2) is 42.6 Å². The molecule has 1 saturated heterocycles. The molecule has 3 rings (SSSR count). The van der Waals surface area contributed by atoms with Crippen LogP contribution in [0.3, 0.4) is 0 Å². The third kappa shape index (κ3) is 2.94. The summed E-state index contributed by atoms with van der Waals surface area (Å²) >= 11 is 0. The van der Waals surface area contributed by atoms with Gasteiger partial charge in [0, 0.05) is 26.3 Å². The third-order valence-electron chi connectivity index (χ3n) is 4.20. The van der Waals surface area contributed by atoms with Crippen molar-refractivity contribution in [3.63, 3.8) is 0 Å². The molecule has 0 bridgehead atoms. The van der Waals surface area contributed by atoms with Gasteiger partial charge in [0.2, 0.25) is 0 Å². The summed E-state index contributed by atoms with van der Waals surface area (Å²) in [6, 6.07) is 11.1. The van der Waals surface area contributed by atoms with E-state index in [0.29, 0.717) is 11.7 Å². The van der Waals surface area contributed by atoms with Gasteiger partial charge in [0.25, 0.3) is 5.91 Å². The monoisotopic (exact) mass is 284 g/mol. The number of aromatic hydroxyl groups is 1. The zero-order valence-corrected chi connectivity index (χ0v) is 12.2. The Labute approximate surface area is 124 Å². The number of aryl methyl sites for hydroxylation is 1. The van der Waals surface area contributed by atoms with E-state index in [4.69, 9.17) is 0 Å². The second kappa shape index (κ2) is 5.64. The molecule has 1 aromatic carbocycles. The van der Waals surface area contributed by atoms with Crippen LogP contribution in [0, 0.1) is 5.92 Å². The molecule has 0 aliphatic carbocycles. The molecule has 1 fully saturated rings. The number of amides is 1. The topological polar surface area (TPSA) is 45.5 Å². The summed E-state index contributed by atoms with van der Waals surface area (Å²) < 4.78 is 1.87. The second-order valence-corrected chi connectivity index (χ2v) is 5.78. The number of phenols is 1. The number of rotatable bonds is 3. The average Bonchev–Trinajstić information content (AvgIpc) is 3.10. The quantitative estimate of drug-likeness (QED) is 0.941. The Hall–Kier alpha value is -2.23. The lowest BCUT2D eigenvalue weighted by Crippen LogP contribution is -2.30. The Morgan fingerprint density at radius 2 is 2.05 bits per heavy atom. The summed E-state index contributed by atoms with van der Waals surface area (Å²) in [7, 11) is 1.90. The first-order valence-corrected chi connectivity index (χ1v) is 7.32. The molecule has 1 N–H and O–H groups in total. The fourth-order valence-corrected chi connectivity index (χ4v) is 2.99. The molecule has 4 heteroatoms. The van der Waals surface area contributed by atoms with E-state index >= 15 is 0 Å². The lowest BCUT2D eigenvalue weighted by molar-refractivity contribution is 0.0777. The predicted octanol–water partition coefficient (Wildman–Crippen LogP) is 2.44. The standard InChI is InChI=1S/C17H20N2O2/c1-18-9-2-3-16(18)17(21)19-10-8-14(12-19)11-13-4-6-15(20)7-5-13/h2-7,9,14,20H,8,10-12H2,1H3. The summed E-state index contributed by atoms with van der Waals surface area (Å²) in [5, 5.41) is 9.31. The number of phenolic OH excluding ortho intramolecular Hbond substituents is 1. The lowest BCUT2D eigenvalue weighted by atomic mass is 9.99. The molecule has 21 heavy (non-hydrogen) atoms. The molecule has 0 saturated carbocycles. The van der Waals surface area contributed by atoms with Crippen molar-refractivity contribution in [3.05, 3.63) is 53.9 Å². The van der Waals surface area contributed by atoms with E-state index < -0.39 is 0 Å². The van der Waals surface area contributed by atoms with Gasteiger partial charge in [0.1, 0.15) is 11.4 Å². The average molecular weight is 284 g/mol. The summed E-state index contributed by atoms with van der Waals surface area (Å²) in [6.45, 7) is 1.64. The van der Waals surface area contributed by atoms with E-state index in [0.717, 1.165) is 31.6 Å². The number of hydrogen-bond acceptors (Lipinski definition) is 2. The molecule has 1 atom stereocenters. The molecule has 0 spiro atoms. The molecule has 1 aromatic heterocycles. The first kappa shape index (κ1) is 13.7. The van der Waals surface area contributed by atoms with Gasteiger partial charge in [-0.1, -0.05) is 12.1 Å². The Balaban J connectivity index is 1.62.